The first-order valence-electron chi connectivity index (χ1n) is 6.53. The van der Waals surface area contributed by atoms with E-state index in [2.05, 4.69) is 15.1 Å². The van der Waals surface area contributed by atoms with Gasteiger partial charge in [-0.2, -0.15) is 4.98 Å². The molecule has 3 aromatic rings. The number of aromatic nitrogens is 3. The highest BCUT2D eigenvalue weighted by Gasteiger charge is 2.28. The van der Waals surface area contributed by atoms with Crippen molar-refractivity contribution >= 4 is 0 Å². The third-order valence-electron chi connectivity index (χ3n) is 3.41. The van der Waals surface area contributed by atoms with Crippen molar-refractivity contribution in [3.05, 3.63) is 54.1 Å². The van der Waals surface area contributed by atoms with Gasteiger partial charge in [0, 0.05) is 12.6 Å². The number of nitrogens with zero attached hydrogens (tertiary/aromatic N) is 3. The van der Waals surface area contributed by atoms with Crippen LogP contribution in [0.15, 0.2) is 47.2 Å². The predicted octanol–water partition coefficient (Wildman–Crippen LogP) is 2.51. The van der Waals surface area contributed by atoms with Crippen molar-refractivity contribution in [1.82, 2.24) is 15.1 Å². The van der Waals surface area contributed by atoms with Crippen molar-refractivity contribution in [2.75, 3.05) is 0 Å². The highest BCUT2D eigenvalue weighted by atomic mass is 16.5. The zero-order valence-electron chi connectivity index (χ0n) is 10.9. The number of pyridine rings is 1. The predicted molar refractivity (Wildman–Crippen MR) is 72.7 cm³/mol. The summed E-state index contributed by atoms with van der Waals surface area (Å²) in [6.07, 6.45) is 3.34. The average molecular weight is 281 g/mol. The van der Waals surface area contributed by atoms with Gasteiger partial charge in [-0.1, -0.05) is 23.4 Å². The number of hydrogen-bond acceptors (Lipinski definition) is 6. The molecule has 0 saturated carbocycles. The van der Waals surface area contributed by atoms with E-state index in [0.29, 0.717) is 17.8 Å². The number of para-hydroxylation sites is 1. The Morgan fingerprint density at radius 1 is 1.19 bits per heavy atom. The SMILES string of the molecule is Oc1cnccc1-c1nc(C2Cc3ccccc3O2)no1. The van der Waals surface area contributed by atoms with E-state index in [1.54, 1.807) is 12.3 Å². The Bertz CT molecular complexity index is 775. The summed E-state index contributed by atoms with van der Waals surface area (Å²) in [4.78, 5) is 8.13. The van der Waals surface area contributed by atoms with Gasteiger partial charge in [0.1, 0.15) is 11.5 Å². The largest absolute Gasteiger partial charge is 0.505 e. The van der Waals surface area contributed by atoms with Crippen molar-refractivity contribution in [1.29, 1.82) is 0 Å². The van der Waals surface area contributed by atoms with Crippen LogP contribution in [-0.2, 0) is 6.42 Å². The standard InChI is InChI=1S/C15H11N3O3/c19-11-8-16-6-5-10(11)15-17-14(18-21-15)13-7-9-3-1-2-4-12(9)20-13/h1-6,8,13,19H,7H2. The van der Waals surface area contributed by atoms with Crippen LogP contribution in [0.1, 0.15) is 17.5 Å². The Labute approximate surface area is 120 Å². The van der Waals surface area contributed by atoms with Gasteiger partial charge in [-0.15, -0.1) is 0 Å². The minimum Gasteiger partial charge on any atom is -0.505 e. The smallest absolute Gasteiger partial charge is 0.261 e. The molecule has 4 rings (SSSR count). The van der Waals surface area contributed by atoms with Crippen molar-refractivity contribution in [3.8, 4) is 23.0 Å². The van der Waals surface area contributed by atoms with Crippen LogP contribution in [0.2, 0.25) is 0 Å². The highest BCUT2D eigenvalue weighted by Crippen LogP contribution is 2.36. The lowest BCUT2D eigenvalue weighted by Gasteiger charge is -2.04. The molecule has 104 valence electrons. The number of benzene rings is 1. The Morgan fingerprint density at radius 2 is 2.10 bits per heavy atom. The number of hydrogen-bond donors (Lipinski definition) is 1. The van der Waals surface area contributed by atoms with Crippen LogP contribution in [0.3, 0.4) is 0 Å². The van der Waals surface area contributed by atoms with Crippen molar-refractivity contribution < 1.29 is 14.4 Å². The maximum atomic E-state index is 9.76. The van der Waals surface area contributed by atoms with Crippen LogP contribution >= 0.6 is 0 Å². The maximum absolute atomic E-state index is 9.76. The van der Waals surface area contributed by atoms with Crippen LogP contribution in [-0.4, -0.2) is 20.2 Å². The molecular weight excluding hydrogens is 270 g/mol. The average Bonchev–Trinajstić information content (AvgIpc) is 3.14. The second-order valence-corrected chi connectivity index (χ2v) is 4.77. The number of aromatic hydroxyl groups is 1. The molecule has 0 saturated heterocycles. The summed E-state index contributed by atoms with van der Waals surface area (Å²) in [6, 6.07) is 9.46. The van der Waals surface area contributed by atoms with Crippen molar-refractivity contribution in [3.63, 3.8) is 0 Å². The topological polar surface area (TPSA) is 81.3 Å². The first kappa shape index (κ1) is 11.9. The molecule has 1 atom stereocenters. The quantitative estimate of drug-likeness (QED) is 0.777. The Hall–Kier alpha value is -2.89. The second kappa shape index (κ2) is 4.59. The van der Waals surface area contributed by atoms with Crippen LogP contribution in [0, 0.1) is 0 Å². The van der Waals surface area contributed by atoms with Crippen molar-refractivity contribution in [2.24, 2.45) is 0 Å². The number of fused-ring (bicyclic) bond motifs is 1. The van der Waals surface area contributed by atoms with Gasteiger partial charge in [-0.25, -0.2) is 0 Å². The second-order valence-electron chi connectivity index (χ2n) is 4.77. The summed E-state index contributed by atoms with van der Waals surface area (Å²) in [5.74, 6) is 1.57. The summed E-state index contributed by atoms with van der Waals surface area (Å²) >= 11 is 0. The third kappa shape index (κ3) is 2.01. The molecule has 0 spiro atoms. The van der Waals surface area contributed by atoms with E-state index >= 15 is 0 Å². The normalized spacial score (nSPS) is 16.5. The summed E-state index contributed by atoms with van der Waals surface area (Å²) < 4.78 is 11.0. The molecule has 6 heteroatoms. The summed E-state index contributed by atoms with van der Waals surface area (Å²) in [5, 5.41) is 13.7. The van der Waals surface area contributed by atoms with Gasteiger partial charge in [0.25, 0.3) is 5.89 Å². The molecule has 3 heterocycles. The van der Waals surface area contributed by atoms with Gasteiger partial charge in [-0.3, -0.25) is 4.98 Å². The molecule has 1 aliphatic rings. The zero-order valence-corrected chi connectivity index (χ0v) is 10.9. The minimum absolute atomic E-state index is 0.00308. The number of rotatable bonds is 2. The molecule has 0 amide bonds. The van der Waals surface area contributed by atoms with E-state index in [1.165, 1.54) is 6.20 Å². The fraction of sp³-hybridized carbons (Fsp3) is 0.133. The van der Waals surface area contributed by atoms with Crippen LogP contribution in [0.5, 0.6) is 11.5 Å². The molecule has 1 N–H and O–H groups in total. The lowest BCUT2D eigenvalue weighted by molar-refractivity contribution is 0.221. The molecule has 2 aromatic heterocycles. The van der Waals surface area contributed by atoms with E-state index in [9.17, 15) is 5.11 Å². The first-order valence-corrected chi connectivity index (χ1v) is 6.53. The minimum atomic E-state index is -0.260. The summed E-state index contributed by atoms with van der Waals surface area (Å²) in [7, 11) is 0. The molecule has 1 aromatic carbocycles. The molecule has 6 nitrogen and oxygen atoms in total. The molecule has 1 aliphatic heterocycles. The Kier molecular flexibility index (Phi) is 2.60. The van der Waals surface area contributed by atoms with Gasteiger partial charge in [0.05, 0.1) is 11.8 Å². The first-order chi connectivity index (χ1) is 10.3. The zero-order chi connectivity index (χ0) is 14.2. The fourth-order valence-corrected chi connectivity index (χ4v) is 2.37. The van der Waals surface area contributed by atoms with E-state index in [-0.39, 0.29) is 17.7 Å². The van der Waals surface area contributed by atoms with Crippen LogP contribution in [0.4, 0.5) is 0 Å². The van der Waals surface area contributed by atoms with Crippen molar-refractivity contribution in [2.45, 2.75) is 12.5 Å². The molecule has 0 radical (unpaired) electrons. The van der Waals surface area contributed by atoms with E-state index < -0.39 is 0 Å². The van der Waals surface area contributed by atoms with E-state index in [0.717, 1.165) is 11.3 Å². The fourth-order valence-electron chi connectivity index (χ4n) is 2.37. The van der Waals surface area contributed by atoms with Gasteiger partial charge in [0.15, 0.2) is 6.10 Å². The molecule has 0 aliphatic carbocycles. The number of ether oxygens (including phenoxy) is 1. The molecule has 1 unspecified atom stereocenters. The van der Waals surface area contributed by atoms with Gasteiger partial charge in [0.2, 0.25) is 5.82 Å². The van der Waals surface area contributed by atoms with Gasteiger partial charge >= 0.3 is 0 Å². The third-order valence-corrected chi connectivity index (χ3v) is 3.41. The molecule has 0 bridgehead atoms. The Morgan fingerprint density at radius 3 is 2.95 bits per heavy atom. The van der Waals surface area contributed by atoms with Gasteiger partial charge < -0.3 is 14.4 Å². The lowest BCUT2D eigenvalue weighted by atomic mass is 10.1. The summed E-state index contributed by atoms with van der Waals surface area (Å²) in [5.41, 5.74) is 1.58. The van der Waals surface area contributed by atoms with Crippen LogP contribution in [0.25, 0.3) is 11.5 Å². The van der Waals surface area contributed by atoms with Crippen LogP contribution < -0.4 is 4.74 Å². The van der Waals surface area contributed by atoms with E-state index in [4.69, 9.17) is 9.26 Å². The van der Waals surface area contributed by atoms with E-state index in [1.807, 2.05) is 24.3 Å². The molecular formula is C15H11N3O3. The summed E-state index contributed by atoms with van der Waals surface area (Å²) in [6.45, 7) is 0. The van der Waals surface area contributed by atoms with Gasteiger partial charge in [-0.05, 0) is 17.7 Å². The monoisotopic (exact) mass is 281 g/mol. The Balaban J connectivity index is 1.63. The molecule has 21 heavy (non-hydrogen) atoms. The maximum Gasteiger partial charge on any atom is 0.261 e. The lowest BCUT2D eigenvalue weighted by Crippen LogP contribution is -2.05. The molecule has 0 fully saturated rings. The highest BCUT2D eigenvalue weighted by molar-refractivity contribution is 5.60.